The minimum absolute atomic E-state index is 0.0594. The number of carbonyl (C=O) groups excluding carboxylic acids is 2. The van der Waals surface area contributed by atoms with Crippen molar-refractivity contribution in [2.75, 3.05) is 26.4 Å². The molecule has 1 aromatic rings. The molecule has 2 heterocycles. The quantitative estimate of drug-likeness (QED) is 0.0576. The minimum Gasteiger partial charge on any atom is -0.394 e. The van der Waals surface area contributed by atoms with Gasteiger partial charge in [0.15, 0.2) is 24.8 Å². The van der Waals surface area contributed by atoms with Crippen molar-refractivity contribution < 1.29 is 110 Å². The van der Waals surface area contributed by atoms with Gasteiger partial charge in [0.05, 0.1) is 26.4 Å². The number of benzene rings is 1. The SMILES string of the molecule is Cc1cccc(C(NC(=O)[C@H](O)[C@@H](O)[C@H](O[C@@H]2O[C@H](CO)[C@H](O)[C@H](O)[C@H]2O)[C@H](O)CO)NC(=O)[C@H](O)[C@@H](O)[C@H](O[C@@H]2O[C@H](CO)[C@H](O)[C@H](O)[C@H]2O)[C@H](O)CO)c1. The average molecular weight is 817 g/mol. The zero-order chi connectivity index (χ0) is 42.2. The lowest BCUT2D eigenvalue weighted by Gasteiger charge is -2.42. The number of amides is 2. The lowest BCUT2D eigenvalue weighted by Crippen LogP contribution is -2.62. The normalized spacial score (nSPS) is 32.8. The van der Waals surface area contributed by atoms with Gasteiger partial charge in [-0.05, 0) is 12.5 Å². The van der Waals surface area contributed by atoms with E-state index in [2.05, 4.69) is 10.6 Å². The van der Waals surface area contributed by atoms with Crippen LogP contribution < -0.4 is 10.6 Å². The first-order chi connectivity index (χ1) is 26.3. The van der Waals surface area contributed by atoms with Crippen LogP contribution in [0.1, 0.15) is 17.3 Å². The van der Waals surface area contributed by atoms with Crippen molar-refractivity contribution in [1.29, 1.82) is 0 Å². The van der Waals surface area contributed by atoms with Gasteiger partial charge in [0.2, 0.25) is 0 Å². The summed E-state index contributed by atoms with van der Waals surface area (Å²) in [5.41, 5.74) is 0.611. The number of aliphatic hydroxyl groups is 16. The Kier molecular flexibility index (Phi) is 18.2. The number of aryl methyl sites for hydroxylation is 1. The van der Waals surface area contributed by atoms with Gasteiger partial charge in [-0.25, -0.2) is 0 Å². The van der Waals surface area contributed by atoms with Crippen molar-refractivity contribution in [2.45, 2.75) is 123 Å². The molecule has 2 aliphatic heterocycles. The number of nitrogens with one attached hydrogen (secondary N) is 2. The van der Waals surface area contributed by atoms with E-state index in [9.17, 15) is 91.3 Å². The first-order valence-corrected chi connectivity index (χ1v) is 17.2. The Morgan fingerprint density at radius 3 is 1.38 bits per heavy atom. The molecule has 0 aliphatic carbocycles. The molecular formula is C32H52N2O22. The molecule has 24 nitrogen and oxygen atoms in total. The number of hydrogen-bond donors (Lipinski definition) is 18. The smallest absolute Gasteiger partial charge is 0.253 e. The molecule has 3 rings (SSSR count). The van der Waals surface area contributed by atoms with Gasteiger partial charge in [0, 0.05) is 0 Å². The summed E-state index contributed by atoms with van der Waals surface area (Å²) in [4.78, 5) is 26.7. The summed E-state index contributed by atoms with van der Waals surface area (Å²) in [6, 6.07) is 5.84. The van der Waals surface area contributed by atoms with Crippen LogP contribution in [0.15, 0.2) is 24.3 Å². The van der Waals surface area contributed by atoms with Crippen LogP contribution >= 0.6 is 0 Å². The fraction of sp³-hybridized carbons (Fsp3) is 0.750. The van der Waals surface area contributed by atoms with Gasteiger partial charge in [0.25, 0.3) is 11.8 Å². The lowest BCUT2D eigenvalue weighted by molar-refractivity contribution is -0.326. The summed E-state index contributed by atoms with van der Waals surface area (Å²) in [5, 5.41) is 168. The van der Waals surface area contributed by atoms with E-state index in [1.54, 1.807) is 13.0 Å². The second kappa shape index (κ2) is 21.4. The Morgan fingerprint density at radius 2 is 1.04 bits per heavy atom. The summed E-state index contributed by atoms with van der Waals surface area (Å²) in [7, 11) is 0. The van der Waals surface area contributed by atoms with Crippen LogP contribution in [-0.4, -0.2) is 230 Å². The number of aliphatic hydroxyl groups excluding tert-OH is 16. The summed E-state index contributed by atoms with van der Waals surface area (Å²) in [6.07, 6.45) is -39.2. The second-order valence-electron chi connectivity index (χ2n) is 13.3. The standard InChI is InChI=1S/C32H52N2O22/c1-10-3-2-4-11(5-10)28(33-29(51)22(47)20(45)26(12(39)6-35)55-31-24(49)18(43)16(41)14(8-37)53-31)34-30(52)23(48)21(46)27(13(40)7-36)56-32-25(50)19(44)17(42)15(9-38)54-32/h2-5,12-28,31-32,35-50H,6-9H2,1H3,(H,33,51)(H,34,52)/t12-,13-,14-,15-,16+,17+,18+,19+,20-,21-,22-,23-,24-,25-,26-,27-,31+,32+/m1/s1. The number of hydrogen-bond acceptors (Lipinski definition) is 22. The van der Waals surface area contributed by atoms with E-state index in [1.807, 2.05) is 0 Å². The highest BCUT2D eigenvalue weighted by Crippen LogP contribution is 2.27. The maximum Gasteiger partial charge on any atom is 0.253 e. The highest BCUT2D eigenvalue weighted by Gasteiger charge is 2.49. The summed E-state index contributed by atoms with van der Waals surface area (Å²) >= 11 is 0. The maximum absolute atomic E-state index is 13.3. The molecule has 2 aliphatic rings. The number of rotatable bonds is 19. The second-order valence-corrected chi connectivity index (χ2v) is 13.3. The predicted octanol–water partition coefficient (Wildman–Crippen LogP) is -10.3. The van der Waals surface area contributed by atoms with Crippen molar-refractivity contribution >= 4 is 11.8 Å². The molecule has 56 heavy (non-hydrogen) atoms. The van der Waals surface area contributed by atoms with Crippen LogP contribution in [-0.2, 0) is 28.5 Å². The van der Waals surface area contributed by atoms with Gasteiger partial charge in [-0.1, -0.05) is 29.8 Å². The van der Waals surface area contributed by atoms with Gasteiger partial charge in [-0.3, -0.25) is 9.59 Å². The summed E-state index contributed by atoms with van der Waals surface area (Å²) < 4.78 is 21.0. The first-order valence-electron chi connectivity index (χ1n) is 17.2. The summed E-state index contributed by atoms with van der Waals surface area (Å²) in [6.45, 7) is -2.51. The Labute approximate surface area is 317 Å². The predicted molar refractivity (Wildman–Crippen MR) is 178 cm³/mol. The van der Waals surface area contributed by atoms with Crippen molar-refractivity contribution in [3.05, 3.63) is 35.4 Å². The Hall–Kier alpha value is -2.64. The third kappa shape index (κ3) is 11.3. The van der Waals surface area contributed by atoms with Crippen LogP contribution in [0.3, 0.4) is 0 Å². The molecular weight excluding hydrogens is 764 g/mol. The van der Waals surface area contributed by atoms with Crippen molar-refractivity contribution in [2.24, 2.45) is 0 Å². The molecule has 0 saturated carbocycles. The van der Waals surface area contributed by atoms with Gasteiger partial charge >= 0.3 is 0 Å². The average Bonchev–Trinajstić information content (AvgIpc) is 3.19. The molecule has 24 heteroatoms. The molecule has 2 fully saturated rings. The molecule has 1 aromatic carbocycles. The van der Waals surface area contributed by atoms with E-state index in [0.29, 0.717) is 5.56 Å². The van der Waals surface area contributed by atoms with E-state index in [4.69, 9.17) is 18.9 Å². The Bertz CT molecular complexity index is 1300. The molecule has 0 aromatic heterocycles. The Balaban J connectivity index is 1.82. The Morgan fingerprint density at radius 1 is 0.643 bits per heavy atom. The topological polar surface area (TPSA) is 419 Å². The third-order valence-electron chi connectivity index (χ3n) is 9.22. The van der Waals surface area contributed by atoms with Gasteiger partial charge in [-0.15, -0.1) is 0 Å². The monoisotopic (exact) mass is 816 g/mol. The molecule has 0 bridgehead atoms. The first kappa shape index (κ1) is 47.7. The van der Waals surface area contributed by atoms with Crippen LogP contribution in [0.25, 0.3) is 0 Å². The molecule has 0 unspecified atom stereocenters. The highest BCUT2D eigenvalue weighted by molar-refractivity contribution is 5.84. The third-order valence-corrected chi connectivity index (χ3v) is 9.22. The largest absolute Gasteiger partial charge is 0.394 e. The van der Waals surface area contributed by atoms with Crippen LogP contribution in [0, 0.1) is 6.92 Å². The number of carbonyl (C=O) groups is 2. The molecule has 322 valence electrons. The van der Waals surface area contributed by atoms with Gasteiger partial charge in [-0.2, -0.15) is 0 Å². The molecule has 0 radical (unpaired) electrons. The van der Waals surface area contributed by atoms with E-state index in [-0.39, 0.29) is 5.56 Å². The molecule has 2 amide bonds. The highest BCUT2D eigenvalue weighted by atomic mass is 16.7. The van der Waals surface area contributed by atoms with Gasteiger partial charge in [0.1, 0.15) is 91.6 Å². The molecule has 0 spiro atoms. The van der Waals surface area contributed by atoms with Crippen LogP contribution in [0.4, 0.5) is 0 Å². The van der Waals surface area contributed by atoms with E-state index < -0.39 is 155 Å². The lowest BCUT2D eigenvalue weighted by atomic mass is 9.98. The van der Waals surface area contributed by atoms with Crippen molar-refractivity contribution in [3.8, 4) is 0 Å². The van der Waals surface area contributed by atoms with E-state index in [0.717, 1.165) is 0 Å². The van der Waals surface area contributed by atoms with Gasteiger partial charge < -0.3 is 111 Å². The van der Waals surface area contributed by atoms with E-state index >= 15 is 0 Å². The van der Waals surface area contributed by atoms with Crippen molar-refractivity contribution in [3.63, 3.8) is 0 Å². The van der Waals surface area contributed by atoms with Crippen molar-refractivity contribution in [1.82, 2.24) is 10.6 Å². The zero-order valence-electron chi connectivity index (χ0n) is 29.7. The molecule has 18 N–H and O–H groups in total. The maximum atomic E-state index is 13.3. The molecule has 18 atom stereocenters. The zero-order valence-corrected chi connectivity index (χ0v) is 29.7. The fourth-order valence-corrected chi connectivity index (χ4v) is 5.85. The van der Waals surface area contributed by atoms with Crippen LogP contribution in [0.5, 0.6) is 0 Å². The van der Waals surface area contributed by atoms with E-state index in [1.165, 1.54) is 18.2 Å². The van der Waals surface area contributed by atoms with Crippen LogP contribution in [0.2, 0.25) is 0 Å². The summed E-state index contributed by atoms with van der Waals surface area (Å²) in [5.74, 6) is -3.02. The minimum atomic E-state index is -2.60. The molecule has 2 saturated heterocycles. The number of ether oxygens (including phenoxy) is 4. The fourth-order valence-electron chi connectivity index (χ4n) is 5.85.